The van der Waals surface area contributed by atoms with Crippen molar-refractivity contribution >= 4 is 27.1 Å². The third kappa shape index (κ3) is 4.11. The van der Waals surface area contributed by atoms with Gasteiger partial charge in [-0.2, -0.15) is 0 Å². The standard InChI is InChI=1S/C14H22ClNO2S/c1-4-12(5-2)16(11-10-15)13-8-6-7-9-14(13)19(3,17)18/h6-9,12H,4-5,10-11H2,1-3H3. The highest BCUT2D eigenvalue weighted by molar-refractivity contribution is 7.90. The molecule has 0 aliphatic rings. The van der Waals surface area contributed by atoms with Gasteiger partial charge in [-0.3, -0.25) is 0 Å². The molecule has 0 saturated carbocycles. The van der Waals surface area contributed by atoms with Crippen LogP contribution in [0.5, 0.6) is 0 Å². The fourth-order valence-electron chi connectivity index (χ4n) is 2.33. The summed E-state index contributed by atoms with van der Waals surface area (Å²) in [5.74, 6) is 0.481. The number of hydrogen-bond donors (Lipinski definition) is 0. The summed E-state index contributed by atoms with van der Waals surface area (Å²) >= 11 is 5.88. The molecule has 0 unspecified atom stereocenters. The van der Waals surface area contributed by atoms with Gasteiger partial charge in [-0.05, 0) is 25.0 Å². The van der Waals surface area contributed by atoms with E-state index in [4.69, 9.17) is 11.6 Å². The van der Waals surface area contributed by atoms with Crippen molar-refractivity contribution in [1.29, 1.82) is 0 Å². The SMILES string of the molecule is CCC(CC)N(CCCl)c1ccccc1S(C)(=O)=O. The van der Waals surface area contributed by atoms with Crippen LogP contribution >= 0.6 is 11.6 Å². The predicted octanol–water partition coefficient (Wildman–Crippen LogP) is 3.32. The van der Waals surface area contributed by atoms with Crippen molar-refractivity contribution in [2.45, 2.75) is 37.6 Å². The molecule has 0 atom stereocenters. The molecule has 3 nitrogen and oxygen atoms in total. The van der Waals surface area contributed by atoms with Crippen molar-refractivity contribution in [3.05, 3.63) is 24.3 Å². The smallest absolute Gasteiger partial charge is 0.177 e. The van der Waals surface area contributed by atoms with Crippen molar-refractivity contribution in [2.24, 2.45) is 0 Å². The van der Waals surface area contributed by atoms with Gasteiger partial charge < -0.3 is 4.90 Å². The molecule has 1 rings (SSSR count). The van der Waals surface area contributed by atoms with E-state index in [1.165, 1.54) is 6.26 Å². The minimum Gasteiger partial charge on any atom is -0.366 e. The van der Waals surface area contributed by atoms with Crippen molar-refractivity contribution < 1.29 is 8.42 Å². The molecule has 0 radical (unpaired) electrons. The van der Waals surface area contributed by atoms with Gasteiger partial charge in [0, 0.05) is 24.7 Å². The molecule has 0 bridgehead atoms. The largest absolute Gasteiger partial charge is 0.366 e. The maximum absolute atomic E-state index is 11.9. The van der Waals surface area contributed by atoms with Gasteiger partial charge in [-0.1, -0.05) is 26.0 Å². The number of rotatable bonds is 7. The Morgan fingerprint density at radius 1 is 1.21 bits per heavy atom. The fraction of sp³-hybridized carbons (Fsp3) is 0.571. The van der Waals surface area contributed by atoms with E-state index in [0.29, 0.717) is 23.4 Å². The molecule has 0 aromatic heterocycles. The molecule has 0 aliphatic heterocycles. The van der Waals surface area contributed by atoms with Crippen LogP contribution in [0.15, 0.2) is 29.2 Å². The van der Waals surface area contributed by atoms with Crippen molar-refractivity contribution in [1.82, 2.24) is 0 Å². The van der Waals surface area contributed by atoms with Crippen LogP contribution in [0.2, 0.25) is 0 Å². The zero-order valence-corrected chi connectivity index (χ0v) is 13.3. The van der Waals surface area contributed by atoms with E-state index in [2.05, 4.69) is 18.7 Å². The molecule has 0 spiro atoms. The molecular weight excluding hydrogens is 282 g/mol. The van der Waals surface area contributed by atoms with Gasteiger partial charge >= 0.3 is 0 Å². The second-order valence-corrected chi connectivity index (χ2v) is 6.95. The summed E-state index contributed by atoms with van der Waals surface area (Å²) in [4.78, 5) is 2.50. The number of alkyl halides is 1. The Kier molecular flexibility index (Phi) is 6.14. The first-order chi connectivity index (χ1) is 8.95. The Balaban J connectivity index is 3.30. The highest BCUT2D eigenvalue weighted by Gasteiger charge is 2.21. The normalized spacial score (nSPS) is 11.8. The number of benzene rings is 1. The maximum atomic E-state index is 11.9. The minimum atomic E-state index is -3.23. The molecule has 0 amide bonds. The van der Waals surface area contributed by atoms with E-state index in [9.17, 15) is 8.42 Å². The first kappa shape index (κ1) is 16.3. The Labute approximate surface area is 121 Å². The molecule has 1 aromatic rings. The molecule has 19 heavy (non-hydrogen) atoms. The predicted molar refractivity (Wildman–Crippen MR) is 82.0 cm³/mol. The molecule has 5 heteroatoms. The van der Waals surface area contributed by atoms with Crippen LogP contribution in [0.1, 0.15) is 26.7 Å². The summed E-state index contributed by atoms with van der Waals surface area (Å²) < 4.78 is 23.8. The lowest BCUT2D eigenvalue weighted by molar-refractivity contribution is 0.562. The number of hydrogen-bond acceptors (Lipinski definition) is 3. The summed E-state index contributed by atoms with van der Waals surface area (Å²) in [7, 11) is -3.23. The molecule has 0 fully saturated rings. The summed E-state index contributed by atoms with van der Waals surface area (Å²) in [6.07, 6.45) is 3.18. The molecule has 0 aliphatic carbocycles. The summed E-state index contributed by atoms with van der Waals surface area (Å²) in [5, 5.41) is 0. The molecule has 0 N–H and O–H groups in total. The van der Waals surface area contributed by atoms with Crippen LogP contribution < -0.4 is 4.90 Å². The van der Waals surface area contributed by atoms with Gasteiger partial charge in [0.05, 0.1) is 10.6 Å². The number of anilines is 1. The van der Waals surface area contributed by atoms with Crippen molar-refractivity contribution in [3.8, 4) is 0 Å². The van der Waals surface area contributed by atoms with Crippen LogP contribution in [0, 0.1) is 0 Å². The molecular formula is C14H22ClNO2S. The lowest BCUT2D eigenvalue weighted by Gasteiger charge is -2.33. The van der Waals surface area contributed by atoms with Crippen LogP contribution in [0.3, 0.4) is 0 Å². The first-order valence-electron chi connectivity index (χ1n) is 6.57. The van der Waals surface area contributed by atoms with E-state index < -0.39 is 9.84 Å². The summed E-state index contributed by atoms with van der Waals surface area (Å²) in [5.41, 5.74) is 0.763. The van der Waals surface area contributed by atoms with E-state index in [1.807, 2.05) is 12.1 Å². The van der Waals surface area contributed by atoms with Crippen LogP contribution in [-0.4, -0.2) is 33.1 Å². The van der Waals surface area contributed by atoms with E-state index >= 15 is 0 Å². The molecule has 108 valence electrons. The van der Waals surface area contributed by atoms with Gasteiger partial charge in [-0.25, -0.2) is 8.42 Å². The van der Waals surface area contributed by atoms with Gasteiger partial charge in [0.1, 0.15) is 0 Å². The van der Waals surface area contributed by atoms with Crippen molar-refractivity contribution in [2.75, 3.05) is 23.6 Å². The van der Waals surface area contributed by atoms with Gasteiger partial charge in [0.25, 0.3) is 0 Å². The minimum absolute atomic E-state index is 0.307. The van der Waals surface area contributed by atoms with Gasteiger partial charge in [0.2, 0.25) is 0 Å². The highest BCUT2D eigenvalue weighted by atomic mass is 35.5. The van der Waals surface area contributed by atoms with E-state index in [-0.39, 0.29) is 0 Å². The summed E-state index contributed by atoms with van der Waals surface area (Å²) in [6, 6.07) is 7.45. The molecule has 0 saturated heterocycles. The second-order valence-electron chi connectivity index (χ2n) is 4.59. The second kappa shape index (κ2) is 7.15. The average Bonchev–Trinajstić information content (AvgIpc) is 2.38. The first-order valence-corrected chi connectivity index (χ1v) is 8.99. The van der Waals surface area contributed by atoms with E-state index in [0.717, 1.165) is 18.5 Å². The number of para-hydroxylation sites is 1. The Morgan fingerprint density at radius 3 is 2.26 bits per heavy atom. The number of nitrogens with zero attached hydrogens (tertiary/aromatic N) is 1. The lowest BCUT2D eigenvalue weighted by atomic mass is 10.1. The molecule has 0 heterocycles. The van der Waals surface area contributed by atoms with Crippen LogP contribution in [-0.2, 0) is 9.84 Å². The topological polar surface area (TPSA) is 37.4 Å². The Morgan fingerprint density at radius 2 is 1.79 bits per heavy atom. The zero-order chi connectivity index (χ0) is 14.5. The van der Waals surface area contributed by atoms with E-state index in [1.54, 1.807) is 12.1 Å². The third-order valence-corrected chi connectivity index (χ3v) is 4.60. The van der Waals surface area contributed by atoms with Gasteiger partial charge in [0.15, 0.2) is 9.84 Å². The lowest BCUT2D eigenvalue weighted by Crippen LogP contribution is -2.37. The number of halogens is 1. The monoisotopic (exact) mass is 303 g/mol. The quantitative estimate of drug-likeness (QED) is 0.725. The Bertz CT molecular complexity index is 498. The fourth-order valence-corrected chi connectivity index (χ4v) is 3.40. The average molecular weight is 304 g/mol. The highest BCUT2D eigenvalue weighted by Crippen LogP contribution is 2.28. The van der Waals surface area contributed by atoms with Crippen molar-refractivity contribution in [3.63, 3.8) is 0 Å². The maximum Gasteiger partial charge on any atom is 0.177 e. The zero-order valence-electron chi connectivity index (χ0n) is 11.8. The van der Waals surface area contributed by atoms with Gasteiger partial charge in [-0.15, -0.1) is 11.6 Å². The number of sulfone groups is 1. The third-order valence-electron chi connectivity index (χ3n) is 3.28. The molecule has 1 aromatic carbocycles. The Hall–Kier alpha value is -0.740. The van der Waals surface area contributed by atoms with Crippen LogP contribution in [0.25, 0.3) is 0 Å². The van der Waals surface area contributed by atoms with Crippen LogP contribution in [0.4, 0.5) is 5.69 Å². The summed E-state index contributed by atoms with van der Waals surface area (Å²) in [6.45, 7) is 4.87.